The molecule has 3 heterocycles. The number of H-pyrrole nitrogens is 1. The van der Waals surface area contributed by atoms with Crippen LogP contribution in [0.5, 0.6) is 0 Å². The number of carboxylic acid groups (broad SMARTS) is 1. The van der Waals surface area contributed by atoms with Gasteiger partial charge in [-0.3, -0.25) is 14.2 Å². The number of hydrogen-bond donors (Lipinski definition) is 4. The minimum absolute atomic E-state index is 0.0251. The molecule has 6 rings (SSSR count). The predicted octanol–water partition coefficient (Wildman–Crippen LogP) is 4.43. The molecule has 1 amide bonds. The second-order valence-corrected chi connectivity index (χ2v) is 12.6. The van der Waals surface area contributed by atoms with Gasteiger partial charge in [-0.15, -0.1) is 0 Å². The molecule has 3 aromatic carbocycles. The zero-order chi connectivity index (χ0) is 32.9. The maximum atomic E-state index is 12.8. The van der Waals surface area contributed by atoms with Gasteiger partial charge in [-0.25, -0.2) is 4.79 Å². The Labute approximate surface area is 273 Å². The van der Waals surface area contributed by atoms with E-state index in [9.17, 15) is 19.5 Å². The topological polar surface area (TPSA) is 146 Å². The van der Waals surface area contributed by atoms with Crippen LogP contribution in [0.15, 0.2) is 77.6 Å². The van der Waals surface area contributed by atoms with Crippen molar-refractivity contribution in [2.75, 3.05) is 19.6 Å². The number of aromatic nitrogens is 2. The Bertz CT molecular complexity index is 1720. The summed E-state index contributed by atoms with van der Waals surface area (Å²) in [5.41, 5.74) is 5.35. The number of aliphatic hydroxyl groups excluding tert-OH is 1. The fourth-order valence-corrected chi connectivity index (χ4v) is 6.68. The molecule has 4 aromatic rings. The largest absolute Gasteiger partial charge is 0.481 e. The van der Waals surface area contributed by atoms with Crippen LogP contribution in [-0.4, -0.2) is 62.3 Å². The number of carbonyl (C=O) groups excluding carboxylic acids is 1. The summed E-state index contributed by atoms with van der Waals surface area (Å²) in [7, 11) is 0. The van der Waals surface area contributed by atoms with Crippen LogP contribution in [-0.2, 0) is 32.2 Å². The van der Waals surface area contributed by atoms with Gasteiger partial charge < -0.3 is 34.9 Å². The van der Waals surface area contributed by atoms with Gasteiger partial charge in [0.2, 0.25) is 5.91 Å². The fourth-order valence-electron chi connectivity index (χ4n) is 6.68. The summed E-state index contributed by atoms with van der Waals surface area (Å²) >= 11 is 0. The number of piperidine rings is 1. The van der Waals surface area contributed by atoms with E-state index in [-0.39, 0.29) is 55.2 Å². The molecule has 248 valence electrons. The third kappa shape index (κ3) is 7.65. The number of carbonyl (C=O) groups is 2. The van der Waals surface area contributed by atoms with E-state index in [1.807, 2.05) is 77.4 Å². The summed E-state index contributed by atoms with van der Waals surface area (Å²) in [6.07, 6.45) is 0.495. The number of rotatable bonds is 11. The Morgan fingerprint density at radius 3 is 2.30 bits per heavy atom. The van der Waals surface area contributed by atoms with Crippen molar-refractivity contribution < 1.29 is 29.3 Å². The number of likely N-dealkylation sites (tertiary alicyclic amines) is 1. The van der Waals surface area contributed by atoms with E-state index in [4.69, 9.17) is 14.6 Å². The molecule has 2 saturated heterocycles. The molecule has 47 heavy (non-hydrogen) atoms. The van der Waals surface area contributed by atoms with Crippen molar-refractivity contribution in [3.05, 3.63) is 106 Å². The van der Waals surface area contributed by atoms with E-state index in [2.05, 4.69) is 22.1 Å². The lowest BCUT2D eigenvalue weighted by atomic mass is 9.89. The van der Waals surface area contributed by atoms with Crippen molar-refractivity contribution in [3.8, 4) is 0 Å². The van der Waals surface area contributed by atoms with Gasteiger partial charge in [0.05, 0.1) is 36.3 Å². The maximum absolute atomic E-state index is 12.8. The van der Waals surface area contributed by atoms with Crippen LogP contribution in [0, 0.1) is 5.92 Å². The van der Waals surface area contributed by atoms with Crippen LogP contribution in [0.2, 0.25) is 0 Å². The molecule has 0 unspecified atom stereocenters. The molecular formula is C36H42N4O7. The molecule has 4 atom stereocenters. The molecule has 0 aliphatic carbocycles. The first-order valence-electron chi connectivity index (χ1n) is 16.3. The van der Waals surface area contributed by atoms with Gasteiger partial charge in [-0.05, 0) is 41.7 Å². The number of nitrogens with zero attached hydrogens (tertiary/aromatic N) is 2. The van der Waals surface area contributed by atoms with E-state index in [0.29, 0.717) is 6.54 Å². The molecule has 0 saturated carbocycles. The van der Waals surface area contributed by atoms with E-state index < -0.39 is 12.3 Å². The smallest absolute Gasteiger partial charge is 0.326 e. The number of benzene rings is 3. The van der Waals surface area contributed by atoms with Crippen molar-refractivity contribution in [1.29, 1.82) is 0 Å². The van der Waals surface area contributed by atoms with Crippen LogP contribution < -0.4 is 11.0 Å². The van der Waals surface area contributed by atoms with Crippen molar-refractivity contribution >= 4 is 22.9 Å². The van der Waals surface area contributed by atoms with Crippen LogP contribution in [0.25, 0.3) is 11.0 Å². The summed E-state index contributed by atoms with van der Waals surface area (Å²) in [5.74, 6) is -1.26. The minimum Gasteiger partial charge on any atom is -0.481 e. The normalized spacial score (nSPS) is 22.3. The molecular weight excluding hydrogens is 600 g/mol. The molecule has 2 aliphatic rings. The van der Waals surface area contributed by atoms with E-state index >= 15 is 0 Å². The summed E-state index contributed by atoms with van der Waals surface area (Å²) in [6, 6.07) is 23.5. The highest BCUT2D eigenvalue weighted by molar-refractivity contribution is 5.80. The Kier molecular flexibility index (Phi) is 10.2. The number of imidazole rings is 1. The Balaban J connectivity index is 1.14. The first-order valence-corrected chi connectivity index (χ1v) is 16.3. The van der Waals surface area contributed by atoms with Gasteiger partial charge >= 0.3 is 11.7 Å². The highest BCUT2D eigenvalue weighted by Gasteiger charge is 2.39. The van der Waals surface area contributed by atoms with Crippen LogP contribution in [0.4, 0.5) is 0 Å². The predicted molar refractivity (Wildman–Crippen MR) is 175 cm³/mol. The van der Waals surface area contributed by atoms with Crippen LogP contribution >= 0.6 is 0 Å². The van der Waals surface area contributed by atoms with Crippen molar-refractivity contribution in [1.82, 2.24) is 19.8 Å². The van der Waals surface area contributed by atoms with Gasteiger partial charge in [-0.2, -0.15) is 0 Å². The molecule has 0 radical (unpaired) electrons. The van der Waals surface area contributed by atoms with Gasteiger partial charge in [0.15, 0.2) is 6.29 Å². The van der Waals surface area contributed by atoms with Gasteiger partial charge in [0.25, 0.3) is 0 Å². The van der Waals surface area contributed by atoms with Crippen molar-refractivity contribution in [2.45, 2.75) is 70.3 Å². The number of aliphatic hydroxyl groups is 1. The number of carboxylic acids is 1. The van der Waals surface area contributed by atoms with Crippen LogP contribution in [0.1, 0.15) is 73.3 Å². The Hall–Kier alpha value is -4.29. The van der Waals surface area contributed by atoms with Gasteiger partial charge in [-0.1, -0.05) is 67.6 Å². The van der Waals surface area contributed by atoms with Crippen LogP contribution in [0.3, 0.4) is 0 Å². The monoisotopic (exact) mass is 642 g/mol. The third-order valence-electron chi connectivity index (χ3n) is 9.42. The summed E-state index contributed by atoms with van der Waals surface area (Å²) < 4.78 is 15.2. The number of fused-ring (bicyclic) bond motifs is 1. The second-order valence-electron chi connectivity index (χ2n) is 12.6. The van der Waals surface area contributed by atoms with Gasteiger partial charge in [0, 0.05) is 50.1 Å². The quantitative estimate of drug-likeness (QED) is 0.188. The zero-order valence-corrected chi connectivity index (χ0v) is 26.5. The summed E-state index contributed by atoms with van der Waals surface area (Å²) in [4.78, 5) is 40.9. The number of nitrogens with one attached hydrogen (secondary N) is 2. The number of aliphatic carboxylic acids is 1. The number of para-hydroxylation sites is 2. The minimum atomic E-state index is -1.00. The Morgan fingerprint density at radius 1 is 0.915 bits per heavy atom. The molecule has 1 aromatic heterocycles. The summed E-state index contributed by atoms with van der Waals surface area (Å²) in [5, 5.41) is 21.1. The Morgan fingerprint density at radius 2 is 1.60 bits per heavy atom. The number of ether oxygens (including phenoxy) is 2. The van der Waals surface area contributed by atoms with Gasteiger partial charge in [0.1, 0.15) is 0 Å². The molecule has 0 bridgehead atoms. The van der Waals surface area contributed by atoms with E-state index in [0.717, 1.165) is 65.8 Å². The SMILES string of the molecule is C[C@@H]1[C@H](CN2CCC(n3c(=O)[nH]c4ccccc43)CC2)O[C@H](c2ccc(CNC(=O)CCC(=O)O)cc2)O[C@@H]1c1ccc(CO)cc1. The second kappa shape index (κ2) is 14.6. The molecule has 2 fully saturated rings. The average molecular weight is 643 g/mol. The molecule has 4 N–H and O–H groups in total. The highest BCUT2D eigenvalue weighted by Crippen LogP contribution is 2.42. The zero-order valence-electron chi connectivity index (χ0n) is 26.5. The number of amides is 1. The maximum Gasteiger partial charge on any atom is 0.326 e. The molecule has 11 heteroatoms. The number of hydrogen-bond acceptors (Lipinski definition) is 7. The van der Waals surface area contributed by atoms with Crippen molar-refractivity contribution in [2.24, 2.45) is 5.92 Å². The first kappa shape index (κ1) is 32.6. The molecule has 0 spiro atoms. The third-order valence-corrected chi connectivity index (χ3v) is 9.42. The van der Waals surface area contributed by atoms with Crippen molar-refractivity contribution in [3.63, 3.8) is 0 Å². The fraction of sp³-hybridized carbons (Fsp3) is 0.417. The summed E-state index contributed by atoms with van der Waals surface area (Å²) in [6.45, 7) is 4.84. The molecule has 11 nitrogen and oxygen atoms in total. The van der Waals surface area contributed by atoms with E-state index in [1.54, 1.807) is 0 Å². The lowest BCUT2D eigenvalue weighted by Gasteiger charge is -2.44. The first-order chi connectivity index (χ1) is 22.8. The number of aromatic amines is 1. The van der Waals surface area contributed by atoms with E-state index in [1.165, 1.54) is 0 Å². The average Bonchev–Trinajstić information content (AvgIpc) is 3.43. The molecule has 2 aliphatic heterocycles. The standard InChI is InChI=1S/C36H42N4O7/c1-23-31(21-39-18-16-28(17-19-39)40-30-5-3-2-4-29(30)38-36(40)45)46-35(47-34(23)26-10-8-25(22-41)9-11-26)27-12-6-24(7-13-27)20-37-32(42)14-15-33(43)44/h2-13,23,28,31,34-35,41H,14-22H2,1H3,(H,37,42)(H,38,45)(H,43,44)/t23-,31+,34+,35+/m1/s1. The lowest BCUT2D eigenvalue weighted by molar-refractivity contribution is -0.276. The highest BCUT2D eigenvalue weighted by atomic mass is 16.7. The lowest BCUT2D eigenvalue weighted by Crippen LogP contribution is -2.47.